The molecule has 2 atom stereocenters. The van der Waals surface area contributed by atoms with Crippen molar-refractivity contribution in [3.05, 3.63) is 0 Å². The highest BCUT2D eigenvalue weighted by atomic mass is 14.5. The monoisotopic (exact) mass is 303 g/mol. The van der Waals surface area contributed by atoms with Crippen LogP contribution in [-0.2, 0) is 0 Å². The molecule has 0 aliphatic heterocycles. The zero-order chi connectivity index (χ0) is 15.8. The van der Waals surface area contributed by atoms with E-state index in [9.17, 15) is 5.26 Å². The molecule has 0 N–H and O–H groups in total. The summed E-state index contributed by atoms with van der Waals surface area (Å²) in [6.07, 6.45) is 18.8. The first kappa shape index (κ1) is 17.8. The first-order valence-corrected chi connectivity index (χ1v) is 10.1. The average molecular weight is 304 g/mol. The van der Waals surface area contributed by atoms with Gasteiger partial charge in [0.05, 0.1) is 11.5 Å². The fourth-order valence-corrected chi connectivity index (χ4v) is 5.15. The highest BCUT2D eigenvalue weighted by Gasteiger charge is 2.39. The van der Waals surface area contributed by atoms with E-state index in [1.165, 1.54) is 83.5 Å². The van der Waals surface area contributed by atoms with Gasteiger partial charge in [0.15, 0.2) is 0 Å². The predicted octanol–water partition coefficient (Wildman–Crippen LogP) is 6.87. The molecule has 0 saturated heterocycles. The Labute approximate surface area is 138 Å². The molecule has 0 spiro atoms. The summed E-state index contributed by atoms with van der Waals surface area (Å²) in [5, 5.41) is 9.77. The molecule has 2 saturated carbocycles. The van der Waals surface area contributed by atoms with Crippen LogP contribution in [0.1, 0.15) is 104 Å². The molecule has 2 aliphatic carbocycles. The van der Waals surface area contributed by atoms with Crippen molar-refractivity contribution in [2.45, 2.75) is 104 Å². The van der Waals surface area contributed by atoms with E-state index in [-0.39, 0.29) is 5.41 Å². The molecule has 0 heterocycles. The van der Waals surface area contributed by atoms with Crippen molar-refractivity contribution < 1.29 is 0 Å². The van der Waals surface area contributed by atoms with Crippen LogP contribution in [0.15, 0.2) is 0 Å². The summed E-state index contributed by atoms with van der Waals surface area (Å²) >= 11 is 0. The van der Waals surface area contributed by atoms with Gasteiger partial charge in [-0.25, -0.2) is 0 Å². The Morgan fingerprint density at radius 2 is 1.68 bits per heavy atom. The lowest BCUT2D eigenvalue weighted by atomic mass is 9.62. The van der Waals surface area contributed by atoms with Gasteiger partial charge in [-0.3, -0.25) is 0 Å². The summed E-state index contributed by atoms with van der Waals surface area (Å²) in [5.74, 6) is 2.81. The molecule has 1 nitrogen and oxygen atoms in total. The third-order valence-corrected chi connectivity index (χ3v) is 6.65. The zero-order valence-corrected chi connectivity index (χ0v) is 15.1. The lowest BCUT2D eigenvalue weighted by Gasteiger charge is -2.42. The number of unbranched alkanes of at least 4 members (excludes halogenated alkanes) is 2. The van der Waals surface area contributed by atoms with Crippen LogP contribution in [0.4, 0.5) is 0 Å². The summed E-state index contributed by atoms with van der Waals surface area (Å²) in [4.78, 5) is 0. The van der Waals surface area contributed by atoms with Crippen molar-refractivity contribution >= 4 is 0 Å². The van der Waals surface area contributed by atoms with Crippen molar-refractivity contribution in [2.75, 3.05) is 0 Å². The predicted molar refractivity (Wildman–Crippen MR) is 94.5 cm³/mol. The largest absolute Gasteiger partial charge is 0.198 e. The maximum Gasteiger partial charge on any atom is 0.0689 e. The zero-order valence-electron chi connectivity index (χ0n) is 15.1. The second-order valence-electron chi connectivity index (χ2n) is 8.28. The fourth-order valence-electron chi connectivity index (χ4n) is 5.15. The van der Waals surface area contributed by atoms with Crippen molar-refractivity contribution in [1.29, 1.82) is 5.26 Å². The van der Waals surface area contributed by atoms with Crippen LogP contribution in [0.2, 0.25) is 0 Å². The van der Waals surface area contributed by atoms with Gasteiger partial charge in [-0.05, 0) is 49.9 Å². The van der Waals surface area contributed by atoms with E-state index in [4.69, 9.17) is 0 Å². The molecule has 2 rings (SSSR count). The van der Waals surface area contributed by atoms with Gasteiger partial charge in [-0.2, -0.15) is 5.26 Å². The lowest BCUT2D eigenvalue weighted by Crippen LogP contribution is -2.32. The highest BCUT2D eigenvalue weighted by molar-refractivity contribution is 5.03. The molecule has 22 heavy (non-hydrogen) atoms. The second-order valence-corrected chi connectivity index (χ2v) is 8.28. The Hall–Kier alpha value is -0.510. The van der Waals surface area contributed by atoms with Crippen molar-refractivity contribution in [3.8, 4) is 6.07 Å². The van der Waals surface area contributed by atoms with Gasteiger partial charge in [0.1, 0.15) is 0 Å². The molecule has 0 radical (unpaired) electrons. The Balaban J connectivity index is 1.84. The minimum absolute atomic E-state index is 0.0397. The van der Waals surface area contributed by atoms with E-state index in [0.29, 0.717) is 0 Å². The molecule has 0 aromatic heterocycles. The van der Waals surface area contributed by atoms with Crippen LogP contribution in [0.3, 0.4) is 0 Å². The Kier molecular flexibility index (Phi) is 7.26. The van der Waals surface area contributed by atoms with E-state index >= 15 is 0 Å². The smallest absolute Gasteiger partial charge is 0.0689 e. The van der Waals surface area contributed by atoms with Gasteiger partial charge in [-0.1, -0.05) is 71.6 Å². The molecule has 126 valence electrons. The van der Waals surface area contributed by atoms with Gasteiger partial charge in [0.2, 0.25) is 0 Å². The first-order chi connectivity index (χ1) is 10.7. The summed E-state index contributed by atoms with van der Waals surface area (Å²) < 4.78 is 0. The fraction of sp³-hybridized carbons (Fsp3) is 0.952. The average Bonchev–Trinajstić information content (AvgIpc) is 2.59. The van der Waals surface area contributed by atoms with Crippen LogP contribution in [0.5, 0.6) is 0 Å². The quantitative estimate of drug-likeness (QED) is 0.503. The van der Waals surface area contributed by atoms with Crippen LogP contribution < -0.4 is 0 Å². The molecule has 2 fully saturated rings. The molecule has 0 bridgehead atoms. The molecule has 0 aromatic rings. The number of rotatable bonds is 7. The number of hydrogen-bond donors (Lipinski definition) is 0. The molecule has 1 heteroatoms. The van der Waals surface area contributed by atoms with Crippen LogP contribution >= 0.6 is 0 Å². The van der Waals surface area contributed by atoms with Crippen molar-refractivity contribution in [2.24, 2.45) is 23.2 Å². The SMILES string of the molecule is CCCCC1CCC([C@@H]2CCC[C@@](C#N)(CCCC)C2)CC1. The van der Waals surface area contributed by atoms with Crippen LogP contribution in [-0.4, -0.2) is 0 Å². The highest BCUT2D eigenvalue weighted by Crippen LogP contribution is 2.48. The van der Waals surface area contributed by atoms with Crippen molar-refractivity contribution in [1.82, 2.24) is 0 Å². The minimum Gasteiger partial charge on any atom is -0.198 e. The van der Waals surface area contributed by atoms with Gasteiger partial charge in [0, 0.05) is 0 Å². The van der Waals surface area contributed by atoms with Gasteiger partial charge in [-0.15, -0.1) is 0 Å². The van der Waals surface area contributed by atoms with E-state index in [1.54, 1.807) is 0 Å². The van der Waals surface area contributed by atoms with Crippen LogP contribution in [0.25, 0.3) is 0 Å². The van der Waals surface area contributed by atoms with E-state index in [0.717, 1.165) is 24.2 Å². The maximum absolute atomic E-state index is 9.77. The van der Waals surface area contributed by atoms with E-state index in [1.807, 2.05) is 0 Å². The topological polar surface area (TPSA) is 23.8 Å². The van der Waals surface area contributed by atoms with E-state index in [2.05, 4.69) is 19.9 Å². The lowest BCUT2D eigenvalue weighted by molar-refractivity contribution is 0.103. The number of nitrogens with zero attached hydrogens (tertiary/aromatic N) is 1. The molecule has 0 aromatic carbocycles. The van der Waals surface area contributed by atoms with Gasteiger partial charge >= 0.3 is 0 Å². The molecular formula is C21H37N. The molecule has 2 aliphatic rings. The molecule has 0 unspecified atom stereocenters. The summed E-state index contributed by atoms with van der Waals surface area (Å²) in [5.41, 5.74) is 0.0397. The Bertz CT molecular complexity index is 347. The Morgan fingerprint density at radius 3 is 2.32 bits per heavy atom. The summed E-state index contributed by atoms with van der Waals surface area (Å²) in [6.45, 7) is 4.56. The molecular weight excluding hydrogens is 266 g/mol. The summed E-state index contributed by atoms with van der Waals surface area (Å²) in [6, 6.07) is 2.76. The van der Waals surface area contributed by atoms with Crippen molar-refractivity contribution in [3.63, 3.8) is 0 Å². The van der Waals surface area contributed by atoms with E-state index < -0.39 is 0 Å². The second kappa shape index (κ2) is 8.95. The summed E-state index contributed by atoms with van der Waals surface area (Å²) in [7, 11) is 0. The van der Waals surface area contributed by atoms with Gasteiger partial charge < -0.3 is 0 Å². The Morgan fingerprint density at radius 1 is 0.955 bits per heavy atom. The van der Waals surface area contributed by atoms with Crippen LogP contribution in [0, 0.1) is 34.5 Å². The standard InChI is InChI=1S/C21H37N/c1-3-5-8-18-10-12-19(13-11-18)20-9-7-15-21(16-20,17-22)14-6-4-2/h18-20H,3-16H2,1-2H3/t18?,19?,20-,21+/m1/s1. The van der Waals surface area contributed by atoms with Gasteiger partial charge in [0.25, 0.3) is 0 Å². The third-order valence-electron chi connectivity index (χ3n) is 6.65. The first-order valence-electron chi connectivity index (χ1n) is 10.1. The normalized spacial score (nSPS) is 36.0. The maximum atomic E-state index is 9.77. The third kappa shape index (κ3) is 4.74. The number of nitriles is 1. The number of hydrogen-bond acceptors (Lipinski definition) is 1. The minimum atomic E-state index is 0.0397. The molecule has 0 amide bonds.